The summed E-state index contributed by atoms with van der Waals surface area (Å²) in [6.45, 7) is 5.38. The molecule has 1 aliphatic rings. The minimum atomic E-state index is -0.525. The third-order valence-corrected chi connectivity index (χ3v) is 5.81. The molecule has 5 nitrogen and oxygen atoms in total. The van der Waals surface area contributed by atoms with Crippen molar-refractivity contribution in [3.05, 3.63) is 77.0 Å². The molecule has 3 aromatic rings. The quantitative estimate of drug-likeness (QED) is 0.338. The Morgan fingerprint density at radius 2 is 2.03 bits per heavy atom. The van der Waals surface area contributed by atoms with Gasteiger partial charge in [-0.2, -0.15) is 0 Å². The van der Waals surface area contributed by atoms with E-state index in [0.717, 1.165) is 31.6 Å². The third kappa shape index (κ3) is 4.58. The number of aromatic nitrogens is 1. The van der Waals surface area contributed by atoms with E-state index in [1.807, 2.05) is 12.1 Å². The van der Waals surface area contributed by atoms with Gasteiger partial charge in [-0.05, 0) is 61.1 Å². The summed E-state index contributed by atoms with van der Waals surface area (Å²) in [5, 5.41) is 9.89. The number of rotatable bonds is 6. The van der Waals surface area contributed by atoms with E-state index in [1.54, 1.807) is 11.6 Å². The van der Waals surface area contributed by atoms with Crippen LogP contribution in [0.15, 0.2) is 54.6 Å². The molecule has 4 rings (SSSR count). The summed E-state index contributed by atoms with van der Waals surface area (Å²) in [5.41, 5.74) is 7.80. The number of fused-ring (bicyclic) bond motifs is 1. The van der Waals surface area contributed by atoms with Crippen molar-refractivity contribution in [2.45, 2.75) is 26.3 Å². The fourth-order valence-electron chi connectivity index (χ4n) is 4.31. The molecule has 2 heterocycles. The van der Waals surface area contributed by atoms with Gasteiger partial charge in [0.05, 0.1) is 0 Å². The molecule has 0 spiro atoms. The number of aryl methyl sites for hydroxylation is 1. The molecule has 0 radical (unpaired) electrons. The van der Waals surface area contributed by atoms with E-state index in [-0.39, 0.29) is 0 Å². The lowest BCUT2D eigenvalue weighted by Gasteiger charge is -2.16. The summed E-state index contributed by atoms with van der Waals surface area (Å²) in [6, 6.07) is 16.8. The minimum absolute atomic E-state index is 0.525. The summed E-state index contributed by atoms with van der Waals surface area (Å²) < 4.78 is 0. The molecule has 1 atom stereocenters. The normalized spacial score (nSPS) is 17.4. The number of hydroxylamine groups is 1. The van der Waals surface area contributed by atoms with Gasteiger partial charge in [-0.15, -0.1) is 0 Å². The number of amides is 1. The highest BCUT2D eigenvalue weighted by Crippen LogP contribution is 2.28. The van der Waals surface area contributed by atoms with E-state index in [2.05, 4.69) is 53.2 Å². The second kappa shape index (κ2) is 8.64. The molecular weight excluding hydrogens is 362 g/mol. The summed E-state index contributed by atoms with van der Waals surface area (Å²) in [4.78, 5) is 17.1. The molecule has 1 fully saturated rings. The van der Waals surface area contributed by atoms with Crippen molar-refractivity contribution in [2.75, 3.05) is 13.1 Å². The van der Waals surface area contributed by atoms with E-state index in [9.17, 15) is 4.79 Å². The van der Waals surface area contributed by atoms with Crippen LogP contribution in [-0.4, -0.2) is 34.1 Å². The van der Waals surface area contributed by atoms with Crippen LogP contribution in [0.4, 0.5) is 0 Å². The van der Waals surface area contributed by atoms with E-state index in [0.29, 0.717) is 5.92 Å². The van der Waals surface area contributed by atoms with Gasteiger partial charge < -0.3 is 4.98 Å². The van der Waals surface area contributed by atoms with Crippen molar-refractivity contribution in [1.82, 2.24) is 15.4 Å². The van der Waals surface area contributed by atoms with Crippen LogP contribution in [0.25, 0.3) is 17.0 Å². The lowest BCUT2D eigenvalue weighted by Crippen LogP contribution is -2.20. The lowest BCUT2D eigenvalue weighted by molar-refractivity contribution is -0.124. The zero-order valence-corrected chi connectivity index (χ0v) is 16.7. The number of hydrogen-bond donors (Lipinski definition) is 3. The summed E-state index contributed by atoms with van der Waals surface area (Å²) in [5.74, 6) is 0.162. The average molecular weight is 389 g/mol. The molecule has 1 aliphatic heterocycles. The van der Waals surface area contributed by atoms with E-state index < -0.39 is 5.91 Å². The largest absolute Gasteiger partial charge is 0.358 e. The maximum absolute atomic E-state index is 11.1. The number of aromatic amines is 1. The second-order valence-corrected chi connectivity index (χ2v) is 7.92. The van der Waals surface area contributed by atoms with Crippen molar-refractivity contribution in [2.24, 2.45) is 5.92 Å². The zero-order chi connectivity index (χ0) is 20.2. The minimum Gasteiger partial charge on any atom is -0.358 e. The van der Waals surface area contributed by atoms with Gasteiger partial charge in [-0.1, -0.05) is 42.5 Å². The van der Waals surface area contributed by atoms with Gasteiger partial charge in [0, 0.05) is 35.8 Å². The summed E-state index contributed by atoms with van der Waals surface area (Å²) in [7, 11) is 0. The zero-order valence-electron chi connectivity index (χ0n) is 16.7. The molecule has 0 saturated carbocycles. The number of likely N-dealkylation sites (tertiary alicyclic amines) is 1. The number of H-pyrrole nitrogens is 1. The van der Waals surface area contributed by atoms with Gasteiger partial charge in [0.15, 0.2) is 0 Å². The molecule has 29 heavy (non-hydrogen) atoms. The summed E-state index contributed by atoms with van der Waals surface area (Å²) in [6.07, 6.45) is 5.36. The van der Waals surface area contributed by atoms with Crippen molar-refractivity contribution >= 4 is 22.9 Å². The highest BCUT2D eigenvalue weighted by Gasteiger charge is 2.24. The Hall–Kier alpha value is -2.89. The molecule has 3 N–H and O–H groups in total. The van der Waals surface area contributed by atoms with Gasteiger partial charge in [0.2, 0.25) is 0 Å². The molecular formula is C24H27N3O2. The first-order chi connectivity index (χ1) is 14.1. The number of carbonyl (C=O) groups excluding carboxylic acids is 1. The number of para-hydroxylation sites is 1. The Morgan fingerprint density at radius 3 is 2.83 bits per heavy atom. The van der Waals surface area contributed by atoms with Crippen LogP contribution in [0.5, 0.6) is 0 Å². The molecule has 5 heteroatoms. The van der Waals surface area contributed by atoms with E-state index in [1.165, 1.54) is 40.2 Å². The SMILES string of the molecule is Cc1[nH]c2ccccc2c1CC1CCN(Cc2ccc(/C=C/C(=O)NO)cc2)C1. The van der Waals surface area contributed by atoms with Crippen molar-refractivity contribution in [1.29, 1.82) is 0 Å². The molecule has 2 aromatic carbocycles. The maximum atomic E-state index is 11.1. The molecule has 1 saturated heterocycles. The number of carbonyl (C=O) groups is 1. The molecule has 0 bridgehead atoms. The molecule has 0 aliphatic carbocycles. The van der Waals surface area contributed by atoms with E-state index in [4.69, 9.17) is 5.21 Å². The molecule has 1 amide bonds. The number of nitrogens with one attached hydrogen (secondary N) is 2. The van der Waals surface area contributed by atoms with Crippen LogP contribution in [0.2, 0.25) is 0 Å². The van der Waals surface area contributed by atoms with Gasteiger partial charge in [0.25, 0.3) is 5.91 Å². The van der Waals surface area contributed by atoms with Gasteiger partial charge in [0.1, 0.15) is 0 Å². The first-order valence-corrected chi connectivity index (χ1v) is 10.1. The fourth-order valence-corrected chi connectivity index (χ4v) is 4.31. The van der Waals surface area contributed by atoms with Crippen LogP contribution in [0, 0.1) is 12.8 Å². The van der Waals surface area contributed by atoms with Crippen LogP contribution >= 0.6 is 0 Å². The summed E-state index contributed by atoms with van der Waals surface area (Å²) >= 11 is 0. The Morgan fingerprint density at radius 1 is 1.24 bits per heavy atom. The van der Waals surface area contributed by atoms with Gasteiger partial charge >= 0.3 is 0 Å². The van der Waals surface area contributed by atoms with Crippen molar-refractivity contribution < 1.29 is 10.0 Å². The van der Waals surface area contributed by atoms with Gasteiger partial charge in [-0.25, -0.2) is 5.48 Å². The second-order valence-electron chi connectivity index (χ2n) is 7.92. The van der Waals surface area contributed by atoms with Crippen LogP contribution in [0.1, 0.15) is 28.8 Å². The topological polar surface area (TPSA) is 68.4 Å². The Bertz CT molecular complexity index is 1020. The Kier molecular flexibility index (Phi) is 5.79. The van der Waals surface area contributed by atoms with Gasteiger partial charge in [-0.3, -0.25) is 14.9 Å². The van der Waals surface area contributed by atoms with Crippen molar-refractivity contribution in [3.63, 3.8) is 0 Å². The number of hydrogen-bond acceptors (Lipinski definition) is 3. The first-order valence-electron chi connectivity index (χ1n) is 10.1. The molecule has 150 valence electrons. The van der Waals surface area contributed by atoms with E-state index >= 15 is 0 Å². The monoisotopic (exact) mass is 389 g/mol. The van der Waals surface area contributed by atoms with Crippen LogP contribution in [0.3, 0.4) is 0 Å². The Balaban J connectivity index is 1.35. The highest BCUT2D eigenvalue weighted by molar-refractivity contribution is 5.90. The highest BCUT2D eigenvalue weighted by atomic mass is 16.5. The lowest BCUT2D eigenvalue weighted by atomic mass is 9.96. The van der Waals surface area contributed by atoms with Crippen LogP contribution < -0.4 is 5.48 Å². The number of benzene rings is 2. The average Bonchev–Trinajstić information content (AvgIpc) is 3.31. The Labute approximate surface area is 171 Å². The molecule has 1 aromatic heterocycles. The third-order valence-electron chi connectivity index (χ3n) is 5.81. The maximum Gasteiger partial charge on any atom is 0.267 e. The smallest absolute Gasteiger partial charge is 0.267 e. The number of nitrogens with zero attached hydrogens (tertiary/aromatic N) is 1. The standard InChI is InChI=1S/C24H27N3O2/c1-17-22(21-4-2-3-5-23(21)25-17)14-20-12-13-27(16-20)15-19-8-6-18(7-9-19)10-11-24(28)26-29/h2-11,20,25,29H,12-16H2,1H3,(H,26,28)/b11-10+. The van der Waals surface area contributed by atoms with Crippen molar-refractivity contribution in [3.8, 4) is 0 Å². The first kappa shape index (κ1) is 19.4. The predicted octanol–water partition coefficient (Wildman–Crippen LogP) is 4.06. The fraction of sp³-hybridized carbons (Fsp3) is 0.292. The van der Waals surface area contributed by atoms with Crippen LogP contribution in [-0.2, 0) is 17.8 Å². The molecule has 1 unspecified atom stereocenters. The predicted molar refractivity (Wildman–Crippen MR) is 116 cm³/mol.